The molecule has 1 rings (SSSR count). The molecule has 15 heavy (non-hydrogen) atoms. The Bertz CT molecular complexity index is 411. The Labute approximate surface area is 99.8 Å². The predicted molar refractivity (Wildman–Crippen MR) is 66.4 cm³/mol. The van der Waals surface area contributed by atoms with Crippen LogP contribution in [0.2, 0.25) is 29.7 Å². The molecule has 0 aliphatic carbocycles. The van der Waals surface area contributed by atoms with Gasteiger partial charge in [-0.3, -0.25) is 0 Å². The maximum absolute atomic E-state index is 10.9. The molecule has 0 bridgehead atoms. The van der Waals surface area contributed by atoms with Crippen LogP contribution in [0.1, 0.15) is 10.4 Å². The van der Waals surface area contributed by atoms with Crippen LogP contribution < -0.4 is 5.19 Å². The third kappa shape index (κ3) is 2.74. The number of carboxylic acid groups (broad SMARTS) is 1. The van der Waals surface area contributed by atoms with Crippen LogP contribution in [-0.2, 0) is 0 Å². The van der Waals surface area contributed by atoms with Crippen LogP contribution in [0.3, 0.4) is 0 Å². The van der Waals surface area contributed by atoms with E-state index < -0.39 is 14.0 Å². The molecule has 0 unspecified atom stereocenters. The molecule has 0 heterocycles. The van der Waals surface area contributed by atoms with Gasteiger partial charge in [-0.25, -0.2) is 4.79 Å². The van der Waals surface area contributed by atoms with Gasteiger partial charge < -0.3 is 5.11 Å². The van der Waals surface area contributed by atoms with Crippen LogP contribution in [0, 0.1) is 0 Å². The van der Waals surface area contributed by atoms with Gasteiger partial charge in [0.2, 0.25) is 0 Å². The van der Waals surface area contributed by atoms with Crippen molar-refractivity contribution in [1.82, 2.24) is 0 Å². The van der Waals surface area contributed by atoms with Gasteiger partial charge in [0.15, 0.2) is 0 Å². The molecular weight excluding hydrogens is 251 g/mol. The summed E-state index contributed by atoms with van der Waals surface area (Å²) in [6.45, 7) is 6.28. The Morgan fingerprint density at radius 2 is 1.80 bits per heavy atom. The number of rotatable bonds is 2. The zero-order chi connectivity index (χ0) is 11.8. The van der Waals surface area contributed by atoms with Crippen molar-refractivity contribution in [1.29, 1.82) is 0 Å². The Morgan fingerprint density at radius 3 is 2.20 bits per heavy atom. The summed E-state index contributed by atoms with van der Waals surface area (Å²) in [5.41, 5.74) is 0.0848. The SMILES string of the molecule is C[Si](C)(C)c1cc(Cl)cc(C(=O)O)c1Cl. The largest absolute Gasteiger partial charge is 0.478 e. The Kier molecular flexibility index (Phi) is 3.48. The lowest BCUT2D eigenvalue weighted by atomic mass is 10.2. The molecule has 1 N–H and O–H groups in total. The first kappa shape index (κ1) is 12.6. The zero-order valence-electron chi connectivity index (χ0n) is 8.77. The van der Waals surface area contributed by atoms with E-state index in [1.165, 1.54) is 6.07 Å². The average Bonchev–Trinajstić information content (AvgIpc) is 2.06. The van der Waals surface area contributed by atoms with E-state index in [2.05, 4.69) is 19.6 Å². The van der Waals surface area contributed by atoms with Gasteiger partial charge in [-0.2, -0.15) is 0 Å². The molecule has 1 aromatic carbocycles. The lowest BCUT2D eigenvalue weighted by Gasteiger charge is -2.19. The van der Waals surface area contributed by atoms with Gasteiger partial charge in [0.25, 0.3) is 0 Å². The van der Waals surface area contributed by atoms with E-state index in [4.69, 9.17) is 28.3 Å². The molecule has 0 saturated carbocycles. The van der Waals surface area contributed by atoms with Gasteiger partial charge in [0.1, 0.15) is 0 Å². The molecule has 1 aromatic rings. The minimum atomic E-state index is -1.67. The number of carbonyl (C=O) groups is 1. The van der Waals surface area contributed by atoms with Gasteiger partial charge >= 0.3 is 5.97 Å². The fourth-order valence-corrected chi connectivity index (χ4v) is 4.02. The molecule has 82 valence electrons. The highest BCUT2D eigenvalue weighted by Gasteiger charge is 2.24. The lowest BCUT2D eigenvalue weighted by Crippen LogP contribution is -2.39. The predicted octanol–water partition coefficient (Wildman–Crippen LogP) is 3.24. The molecule has 0 atom stereocenters. The molecule has 0 fully saturated rings. The van der Waals surface area contributed by atoms with Gasteiger partial charge in [0.05, 0.1) is 18.7 Å². The molecule has 2 nitrogen and oxygen atoms in total. The molecule has 0 amide bonds. The number of halogens is 2. The van der Waals surface area contributed by atoms with Crippen molar-refractivity contribution in [3.05, 3.63) is 27.7 Å². The monoisotopic (exact) mass is 262 g/mol. The molecule has 0 aliphatic heterocycles. The first-order valence-corrected chi connectivity index (χ1v) is 8.72. The highest BCUT2D eigenvalue weighted by molar-refractivity contribution is 6.90. The summed E-state index contributed by atoms with van der Waals surface area (Å²) < 4.78 is 0. The summed E-state index contributed by atoms with van der Waals surface area (Å²) in [5.74, 6) is -1.04. The molecule has 0 radical (unpaired) electrons. The number of hydrogen-bond donors (Lipinski definition) is 1. The first-order valence-electron chi connectivity index (χ1n) is 4.46. The topological polar surface area (TPSA) is 37.3 Å². The van der Waals surface area contributed by atoms with Crippen molar-refractivity contribution in [2.24, 2.45) is 0 Å². The Balaban J connectivity index is 3.49. The highest BCUT2D eigenvalue weighted by Crippen LogP contribution is 2.22. The second-order valence-corrected chi connectivity index (χ2v) is 10.2. The summed E-state index contributed by atoms with van der Waals surface area (Å²) in [6, 6.07) is 3.15. The van der Waals surface area contributed by atoms with Crippen molar-refractivity contribution in [2.45, 2.75) is 19.6 Å². The smallest absolute Gasteiger partial charge is 0.337 e. The van der Waals surface area contributed by atoms with Crippen LogP contribution in [-0.4, -0.2) is 19.1 Å². The Morgan fingerprint density at radius 1 is 1.27 bits per heavy atom. The minimum Gasteiger partial charge on any atom is -0.478 e. The number of hydrogen-bond acceptors (Lipinski definition) is 1. The molecule has 0 aliphatic rings. The third-order valence-corrected chi connectivity index (χ3v) is 4.87. The first-order chi connectivity index (χ1) is 6.73. The van der Waals surface area contributed by atoms with Gasteiger partial charge in [0, 0.05) is 5.02 Å². The van der Waals surface area contributed by atoms with E-state index in [-0.39, 0.29) is 5.56 Å². The normalized spacial score (nSPS) is 11.5. The van der Waals surface area contributed by atoms with E-state index in [1.54, 1.807) is 6.07 Å². The maximum Gasteiger partial charge on any atom is 0.337 e. The Hall–Kier alpha value is -0.513. The van der Waals surface area contributed by atoms with Gasteiger partial charge in [-0.05, 0) is 17.3 Å². The van der Waals surface area contributed by atoms with E-state index in [9.17, 15) is 4.79 Å². The molecular formula is C10H12Cl2O2Si. The quantitative estimate of drug-likeness (QED) is 0.832. The summed E-state index contributed by atoms with van der Waals surface area (Å²) in [5, 5.41) is 10.6. The number of benzene rings is 1. The summed E-state index contributed by atoms with van der Waals surface area (Å²) >= 11 is 11.9. The standard InChI is InChI=1S/C10H12Cl2O2Si/c1-15(2,3)8-5-6(11)4-7(9(8)12)10(13)14/h4-5H,1-3H3,(H,13,14). The van der Waals surface area contributed by atoms with Crippen LogP contribution in [0.15, 0.2) is 12.1 Å². The molecule has 5 heteroatoms. The second-order valence-electron chi connectivity index (χ2n) is 4.37. The number of carboxylic acids is 1. The van der Waals surface area contributed by atoms with Crippen molar-refractivity contribution >= 4 is 42.4 Å². The van der Waals surface area contributed by atoms with Crippen molar-refractivity contribution in [2.75, 3.05) is 0 Å². The molecule has 0 aromatic heterocycles. The van der Waals surface area contributed by atoms with Crippen molar-refractivity contribution in [3.63, 3.8) is 0 Å². The lowest BCUT2D eigenvalue weighted by molar-refractivity contribution is 0.0697. The van der Waals surface area contributed by atoms with Crippen LogP contribution in [0.25, 0.3) is 0 Å². The van der Waals surface area contributed by atoms with E-state index in [1.807, 2.05) is 0 Å². The fourth-order valence-electron chi connectivity index (χ4n) is 1.29. The summed E-state index contributed by atoms with van der Waals surface area (Å²) in [7, 11) is -1.67. The maximum atomic E-state index is 10.9. The van der Waals surface area contributed by atoms with Gasteiger partial charge in [-0.15, -0.1) is 0 Å². The molecule has 0 spiro atoms. The van der Waals surface area contributed by atoms with E-state index >= 15 is 0 Å². The average molecular weight is 263 g/mol. The van der Waals surface area contributed by atoms with E-state index in [0.29, 0.717) is 10.0 Å². The van der Waals surface area contributed by atoms with Crippen LogP contribution in [0.5, 0.6) is 0 Å². The van der Waals surface area contributed by atoms with E-state index in [0.717, 1.165) is 5.19 Å². The van der Waals surface area contributed by atoms with Crippen molar-refractivity contribution < 1.29 is 9.90 Å². The fraction of sp³-hybridized carbons (Fsp3) is 0.300. The summed E-state index contributed by atoms with van der Waals surface area (Å²) in [6.07, 6.45) is 0. The summed E-state index contributed by atoms with van der Waals surface area (Å²) in [4.78, 5) is 10.9. The second kappa shape index (κ2) is 4.16. The highest BCUT2D eigenvalue weighted by atomic mass is 35.5. The van der Waals surface area contributed by atoms with Crippen LogP contribution >= 0.6 is 23.2 Å². The molecule has 0 saturated heterocycles. The third-order valence-electron chi connectivity index (χ3n) is 2.08. The van der Waals surface area contributed by atoms with Crippen molar-refractivity contribution in [3.8, 4) is 0 Å². The zero-order valence-corrected chi connectivity index (χ0v) is 11.3. The van der Waals surface area contributed by atoms with Gasteiger partial charge in [-0.1, -0.05) is 42.8 Å². The minimum absolute atomic E-state index is 0.0848. The number of aromatic carboxylic acids is 1. The van der Waals surface area contributed by atoms with Crippen LogP contribution in [0.4, 0.5) is 0 Å².